The number of amides is 1. The summed E-state index contributed by atoms with van der Waals surface area (Å²) in [5, 5.41) is 11.1. The zero-order chi connectivity index (χ0) is 15.9. The summed E-state index contributed by atoms with van der Waals surface area (Å²) in [6.07, 6.45) is 0.436. The molecule has 5 nitrogen and oxygen atoms in total. The van der Waals surface area contributed by atoms with Crippen molar-refractivity contribution in [2.45, 2.75) is 32.6 Å². The molecule has 0 aliphatic carbocycles. The average Bonchev–Trinajstić information content (AvgIpc) is 2.38. The molecule has 0 saturated heterocycles. The molecule has 0 unspecified atom stereocenters. The zero-order valence-corrected chi connectivity index (χ0v) is 13.1. The molecule has 114 valence electrons. The number of unbranched alkanes of at least 4 members (excludes halogenated alkanes) is 1. The average molecular weight is 308 g/mol. The molecular formula is C15H20N2O3S. The summed E-state index contributed by atoms with van der Waals surface area (Å²) in [4.78, 5) is 11.9. The monoisotopic (exact) mass is 308 g/mol. The number of carbonyl (C=O) groups excluding carboxylic acids is 1. The van der Waals surface area contributed by atoms with Crippen molar-refractivity contribution in [2.24, 2.45) is 0 Å². The third-order valence-corrected chi connectivity index (χ3v) is 4.56. The summed E-state index contributed by atoms with van der Waals surface area (Å²) in [5.74, 6) is -1.00. The molecule has 0 aliphatic heterocycles. The van der Waals surface area contributed by atoms with Gasteiger partial charge in [-0.15, -0.1) is 0 Å². The fourth-order valence-electron chi connectivity index (χ4n) is 1.94. The molecule has 0 aromatic heterocycles. The van der Waals surface area contributed by atoms with Crippen molar-refractivity contribution in [3.05, 3.63) is 29.8 Å². The van der Waals surface area contributed by atoms with E-state index in [4.69, 9.17) is 5.26 Å². The van der Waals surface area contributed by atoms with Crippen LogP contribution < -0.4 is 5.32 Å². The van der Waals surface area contributed by atoms with E-state index < -0.39 is 21.5 Å². The van der Waals surface area contributed by atoms with Crippen LogP contribution in [0.25, 0.3) is 0 Å². The lowest BCUT2D eigenvalue weighted by Gasteiger charge is -2.13. The van der Waals surface area contributed by atoms with E-state index >= 15 is 0 Å². The molecule has 0 saturated carbocycles. The molecule has 0 spiro atoms. The second-order valence-corrected chi connectivity index (χ2v) is 7.33. The van der Waals surface area contributed by atoms with Crippen molar-refractivity contribution in [3.8, 4) is 6.07 Å². The van der Waals surface area contributed by atoms with Gasteiger partial charge in [-0.2, -0.15) is 5.26 Å². The number of hydrogen-bond donors (Lipinski definition) is 1. The number of sulfone groups is 1. The SMILES string of the molecule is CC(C)c1ccccc1NC(=O)CS(=O)(=O)CCCC#N. The Morgan fingerprint density at radius 1 is 1.33 bits per heavy atom. The van der Waals surface area contributed by atoms with Gasteiger partial charge in [-0.1, -0.05) is 32.0 Å². The first kappa shape index (κ1) is 17.2. The van der Waals surface area contributed by atoms with E-state index in [2.05, 4.69) is 5.32 Å². The van der Waals surface area contributed by atoms with E-state index in [-0.39, 0.29) is 24.5 Å². The second kappa shape index (κ2) is 7.79. The number of nitrogens with one attached hydrogen (secondary N) is 1. The minimum Gasteiger partial charge on any atom is -0.325 e. The molecule has 0 aliphatic rings. The van der Waals surface area contributed by atoms with Gasteiger partial charge in [0.25, 0.3) is 0 Å². The highest BCUT2D eigenvalue weighted by molar-refractivity contribution is 7.92. The van der Waals surface area contributed by atoms with E-state index in [0.717, 1.165) is 5.56 Å². The zero-order valence-electron chi connectivity index (χ0n) is 12.3. The predicted molar refractivity (Wildman–Crippen MR) is 82.7 cm³/mol. The Morgan fingerprint density at radius 3 is 2.62 bits per heavy atom. The maximum Gasteiger partial charge on any atom is 0.239 e. The smallest absolute Gasteiger partial charge is 0.239 e. The van der Waals surface area contributed by atoms with Gasteiger partial charge >= 0.3 is 0 Å². The molecule has 6 heteroatoms. The van der Waals surface area contributed by atoms with E-state index in [0.29, 0.717) is 5.69 Å². The lowest BCUT2D eigenvalue weighted by molar-refractivity contribution is -0.113. The van der Waals surface area contributed by atoms with Crippen LogP contribution in [-0.4, -0.2) is 25.8 Å². The molecule has 1 aromatic rings. The lowest BCUT2D eigenvalue weighted by Crippen LogP contribution is -2.25. The fourth-order valence-corrected chi connectivity index (χ4v) is 3.14. The van der Waals surface area contributed by atoms with Crippen molar-refractivity contribution in [1.29, 1.82) is 5.26 Å². The number of benzene rings is 1. The number of carbonyl (C=O) groups is 1. The third-order valence-electron chi connectivity index (χ3n) is 2.95. The number of hydrogen-bond acceptors (Lipinski definition) is 4. The van der Waals surface area contributed by atoms with Crippen LogP contribution in [0.1, 0.15) is 38.2 Å². The van der Waals surface area contributed by atoms with E-state index in [9.17, 15) is 13.2 Å². The Bertz CT molecular complexity index is 631. The van der Waals surface area contributed by atoms with Crippen LogP contribution in [0.2, 0.25) is 0 Å². The van der Waals surface area contributed by atoms with Gasteiger partial charge in [-0.05, 0) is 24.0 Å². The summed E-state index contributed by atoms with van der Waals surface area (Å²) in [7, 11) is -3.47. The largest absolute Gasteiger partial charge is 0.325 e. The van der Waals surface area contributed by atoms with Crippen LogP contribution in [0, 0.1) is 11.3 Å². The van der Waals surface area contributed by atoms with E-state index in [1.165, 1.54) is 0 Å². The van der Waals surface area contributed by atoms with Crippen LogP contribution in [0.5, 0.6) is 0 Å². The number of nitriles is 1. The highest BCUT2D eigenvalue weighted by Crippen LogP contribution is 2.23. The molecule has 0 fully saturated rings. The Kier molecular flexibility index (Phi) is 6.38. The summed E-state index contributed by atoms with van der Waals surface area (Å²) in [6.45, 7) is 4.01. The first-order valence-corrected chi connectivity index (χ1v) is 8.64. The van der Waals surface area contributed by atoms with Gasteiger partial charge in [0, 0.05) is 12.1 Å². The highest BCUT2D eigenvalue weighted by atomic mass is 32.2. The standard InChI is InChI=1S/C15H20N2O3S/c1-12(2)13-7-3-4-8-14(13)17-15(18)11-21(19,20)10-6-5-9-16/h3-4,7-8,12H,5-6,10-11H2,1-2H3,(H,17,18). The number of anilines is 1. The summed E-state index contributed by atoms with van der Waals surface area (Å²) < 4.78 is 23.5. The predicted octanol–water partition coefficient (Wildman–Crippen LogP) is 2.47. The van der Waals surface area contributed by atoms with E-state index in [1.807, 2.05) is 32.0 Å². The van der Waals surface area contributed by atoms with Crippen molar-refractivity contribution in [2.75, 3.05) is 16.8 Å². The van der Waals surface area contributed by atoms with Gasteiger partial charge in [0.2, 0.25) is 5.91 Å². The summed E-state index contributed by atoms with van der Waals surface area (Å²) in [5.41, 5.74) is 1.61. The quantitative estimate of drug-likeness (QED) is 0.784. The van der Waals surface area contributed by atoms with Crippen LogP contribution in [0.15, 0.2) is 24.3 Å². The Labute approximate surface area is 125 Å². The van der Waals surface area contributed by atoms with Gasteiger partial charge in [0.05, 0.1) is 11.8 Å². The molecule has 1 aromatic carbocycles. The molecule has 0 heterocycles. The number of rotatable bonds is 7. The maximum atomic E-state index is 11.9. The van der Waals surface area contributed by atoms with Crippen molar-refractivity contribution >= 4 is 21.4 Å². The van der Waals surface area contributed by atoms with E-state index in [1.54, 1.807) is 12.1 Å². The second-order valence-electron chi connectivity index (χ2n) is 5.14. The van der Waals surface area contributed by atoms with Crippen molar-refractivity contribution in [1.82, 2.24) is 0 Å². The number of para-hydroxylation sites is 1. The molecule has 0 radical (unpaired) electrons. The molecule has 0 bridgehead atoms. The Balaban J connectivity index is 2.68. The first-order chi connectivity index (χ1) is 9.85. The van der Waals surface area contributed by atoms with Crippen molar-refractivity contribution in [3.63, 3.8) is 0 Å². The minimum atomic E-state index is -3.47. The van der Waals surface area contributed by atoms with Gasteiger partial charge in [-0.3, -0.25) is 4.79 Å². The van der Waals surface area contributed by atoms with Crippen LogP contribution >= 0.6 is 0 Å². The minimum absolute atomic E-state index is 0.139. The molecule has 0 atom stereocenters. The van der Waals surface area contributed by atoms with Gasteiger partial charge < -0.3 is 5.32 Å². The third kappa shape index (κ3) is 5.96. The normalized spacial score (nSPS) is 11.1. The maximum absolute atomic E-state index is 11.9. The summed E-state index contributed by atoms with van der Waals surface area (Å²) in [6, 6.07) is 9.23. The van der Waals surface area contributed by atoms with Gasteiger partial charge in [-0.25, -0.2) is 8.42 Å². The molecule has 1 N–H and O–H groups in total. The molecule has 1 rings (SSSR count). The number of nitrogens with zero attached hydrogens (tertiary/aromatic N) is 1. The topological polar surface area (TPSA) is 87.0 Å². The highest BCUT2D eigenvalue weighted by Gasteiger charge is 2.17. The molecular weight excluding hydrogens is 288 g/mol. The molecule has 21 heavy (non-hydrogen) atoms. The van der Waals surface area contributed by atoms with Gasteiger partial charge in [0.1, 0.15) is 5.75 Å². The Morgan fingerprint density at radius 2 is 2.00 bits per heavy atom. The molecule has 1 amide bonds. The first-order valence-electron chi connectivity index (χ1n) is 6.82. The van der Waals surface area contributed by atoms with Crippen molar-refractivity contribution < 1.29 is 13.2 Å². The fraction of sp³-hybridized carbons (Fsp3) is 0.467. The van der Waals surface area contributed by atoms with Crippen LogP contribution in [0.3, 0.4) is 0 Å². The van der Waals surface area contributed by atoms with Crippen LogP contribution in [0.4, 0.5) is 5.69 Å². The summed E-state index contributed by atoms with van der Waals surface area (Å²) >= 11 is 0. The lowest BCUT2D eigenvalue weighted by atomic mass is 10.0. The van der Waals surface area contributed by atoms with Gasteiger partial charge in [0.15, 0.2) is 9.84 Å². The van der Waals surface area contributed by atoms with Crippen LogP contribution in [-0.2, 0) is 14.6 Å². The Hall–Kier alpha value is -1.87.